The summed E-state index contributed by atoms with van der Waals surface area (Å²) in [6.07, 6.45) is 2.35. The van der Waals surface area contributed by atoms with Gasteiger partial charge in [0, 0.05) is 18.2 Å². The van der Waals surface area contributed by atoms with Gasteiger partial charge in [0.2, 0.25) is 0 Å². The molecule has 0 bridgehead atoms. The van der Waals surface area contributed by atoms with E-state index in [0.717, 1.165) is 42.5 Å². The van der Waals surface area contributed by atoms with Crippen LogP contribution in [0.15, 0.2) is 22.7 Å². The van der Waals surface area contributed by atoms with Crippen LogP contribution >= 0.6 is 0 Å². The van der Waals surface area contributed by atoms with E-state index in [-0.39, 0.29) is 0 Å². The van der Waals surface area contributed by atoms with Gasteiger partial charge >= 0.3 is 0 Å². The van der Waals surface area contributed by atoms with Crippen molar-refractivity contribution in [2.75, 3.05) is 20.8 Å². The van der Waals surface area contributed by atoms with Crippen LogP contribution in [0, 0.1) is 13.8 Å². The van der Waals surface area contributed by atoms with E-state index in [1.165, 1.54) is 17.5 Å². The Morgan fingerprint density at radius 2 is 2.00 bits per heavy atom. The third-order valence-electron chi connectivity index (χ3n) is 4.70. The Hall–Kier alpha value is -2.01. The number of likely N-dealkylation sites (tertiary alicyclic amines) is 1. The van der Waals surface area contributed by atoms with Crippen molar-refractivity contribution >= 4 is 0 Å². The molecule has 1 fully saturated rings. The first kappa shape index (κ1) is 15.9. The third-order valence-corrected chi connectivity index (χ3v) is 4.70. The van der Waals surface area contributed by atoms with Crippen LogP contribution in [-0.2, 0) is 6.54 Å². The maximum absolute atomic E-state index is 5.45. The second-order valence-corrected chi connectivity index (χ2v) is 6.05. The number of ether oxygens (including phenoxy) is 2. The van der Waals surface area contributed by atoms with E-state index in [4.69, 9.17) is 14.0 Å². The Kier molecular flexibility index (Phi) is 4.57. The molecule has 0 amide bonds. The lowest BCUT2D eigenvalue weighted by molar-refractivity contribution is 0.245. The van der Waals surface area contributed by atoms with Gasteiger partial charge in [-0.2, -0.15) is 0 Å². The number of aryl methyl sites for hydroxylation is 2. The maximum atomic E-state index is 5.45. The molecule has 1 saturated heterocycles. The van der Waals surface area contributed by atoms with Crippen LogP contribution in [0.3, 0.4) is 0 Å². The Balaban J connectivity index is 1.84. The van der Waals surface area contributed by atoms with Crippen LogP contribution in [-0.4, -0.2) is 30.8 Å². The molecule has 0 N–H and O–H groups in total. The molecule has 3 rings (SSSR count). The van der Waals surface area contributed by atoms with E-state index >= 15 is 0 Å². The minimum atomic E-state index is 0.392. The minimum absolute atomic E-state index is 0.392. The first-order chi connectivity index (χ1) is 11.1. The highest BCUT2D eigenvalue weighted by Crippen LogP contribution is 2.38. The lowest BCUT2D eigenvalue weighted by atomic mass is 10.0. The summed E-state index contributed by atoms with van der Waals surface area (Å²) in [4.78, 5) is 2.49. The average molecular weight is 316 g/mol. The van der Waals surface area contributed by atoms with Crippen molar-refractivity contribution in [2.24, 2.45) is 0 Å². The Bertz CT molecular complexity index is 661. The van der Waals surface area contributed by atoms with Crippen molar-refractivity contribution in [2.45, 2.75) is 39.3 Å². The van der Waals surface area contributed by atoms with Gasteiger partial charge in [-0.1, -0.05) is 11.2 Å². The molecule has 23 heavy (non-hydrogen) atoms. The maximum Gasteiger partial charge on any atom is 0.161 e. The first-order valence-electron chi connectivity index (χ1n) is 8.01. The van der Waals surface area contributed by atoms with Crippen molar-refractivity contribution in [3.05, 3.63) is 40.8 Å². The summed E-state index contributed by atoms with van der Waals surface area (Å²) in [5.74, 6) is 2.47. The number of benzene rings is 1. The molecule has 5 nitrogen and oxygen atoms in total. The number of hydrogen-bond donors (Lipinski definition) is 0. The largest absolute Gasteiger partial charge is 0.493 e. The molecule has 0 saturated carbocycles. The summed E-state index contributed by atoms with van der Waals surface area (Å²) in [7, 11) is 3.34. The zero-order valence-electron chi connectivity index (χ0n) is 14.3. The summed E-state index contributed by atoms with van der Waals surface area (Å²) in [6.45, 7) is 5.95. The quantitative estimate of drug-likeness (QED) is 0.842. The van der Waals surface area contributed by atoms with Gasteiger partial charge in [0.15, 0.2) is 11.5 Å². The lowest BCUT2D eigenvalue weighted by Gasteiger charge is -2.25. The van der Waals surface area contributed by atoms with Crippen LogP contribution in [0.2, 0.25) is 0 Å². The van der Waals surface area contributed by atoms with Gasteiger partial charge in [-0.15, -0.1) is 0 Å². The molecule has 0 radical (unpaired) electrons. The van der Waals surface area contributed by atoms with E-state index < -0.39 is 0 Å². The van der Waals surface area contributed by atoms with E-state index in [1.54, 1.807) is 14.2 Å². The fourth-order valence-corrected chi connectivity index (χ4v) is 3.38. The van der Waals surface area contributed by atoms with Crippen LogP contribution in [0.4, 0.5) is 0 Å². The van der Waals surface area contributed by atoms with Crippen LogP contribution in [0.5, 0.6) is 11.5 Å². The smallest absolute Gasteiger partial charge is 0.161 e. The molecule has 1 atom stereocenters. The van der Waals surface area contributed by atoms with Crippen molar-refractivity contribution in [1.29, 1.82) is 0 Å². The van der Waals surface area contributed by atoms with Crippen LogP contribution in [0.25, 0.3) is 0 Å². The Morgan fingerprint density at radius 1 is 1.22 bits per heavy atom. The van der Waals surface area contributed by atoms with Gasteiger partial charge in [-0.05, 0) is 50.9 Å². The molecule has 0 spiro atoms. The summed E-state index contributed by atoms with van der Waals surface area (Å²) in [6, 6.07) is 6.61. The number of aromatic nitrogens is 1. The van der Waals surface area contributed by atoms with Gasteiger partial charge in [0.1, 0.15) is 5.76 Å². The van der Waals surface area contributed by atoms with Gasteiger partial charge in [-0.25, -0.2) is 0 Å². The molecular weight excluding hydrogens is 292 g/mol. The van der Waals surface area contributed by atoms with Crippen molar-refractivity contribution < 1.29 is 14.0 Å². The van der Waals surface area contributed by atoms with E-state index in [9.17, 15) is 0 Å². The molecule has 1 aromatic carbocycles. The number of rotatable bonds is 5. The van der Waals surface area contributed by atoms with E-state index in [1.807, 2.05) is 19.9 Å². The number of methoxy groups -OCH3 is 2. The van der Waals surface area contributed by atoms with Gasteiger partial charge < -0.3 is 14.0 Å². The second kappa shape index (κ2) is 6.62. The zero-order valence-corrected chi connectivity index (χ0v) is 14.3. The third kappa shape index (κ3) is 3.06. The Morgan fingerprint density at radius 3 is 2.65 bits per heavy atom. The fraction of sp³-hybridized carbons (Fsp3) is 0.500. The molecule has 2 heterocycles. The van der Waals surface area contributed by atoms with Crippen molar-refractivity contribution in [3.8, 4) is 11.5 Å². The summed E-state index contributed by atoms with van der Waals surface area (Å²) >= 11 is 0. The first-order valence-corrected chi connectivity index (χ1v) is 8.01. The van der Waals surface area contributed by atoms with Crippen molar-refractivity contribution in [1.82, 2.24) is 10.1 Å². The molecule has 1 unspecified atom stereocenters. The number of nitrogens with zero attached hydrogens (tertiary/aromatic N) is 2. The number of hydrogen-bond acceptors (Lipinski definition) is 5. The zero-order chi connectivity index (χ0) is 16.4. The average Bonchev–Trinajstić information content (AvgIpc) is 3.16. The fourth-order valence-electron chi connectivity index (χ4n) is 3.38. The van der Waals surface area contributed by atoms with Gasteiger partial charge in [-0.3, -0.25) is 4.90 Å². The van der Waals surface area contributed by atoms with Crippen molar-refractivity contribution in [3.63, 3.8) is 0 Å². The molecule has 2 aromatic rings. The highest BCUT2D eigenvalue weighted by Gasteiger charge is 2.28. The van der Waals surface area contributed by atoms with E-state index in [0.29, 0.717) is 6.04 Å². The predicted molar refractivity (Wildman–Crippen MR) is 87.9 cm³/mol. The van der Waals surface area contributed by atoms with Crippen LogP contribution < -0.4 is 9.47 Å². The summed E-state index contributed by atoms with van der Waals surface area (Å²) in [5, 5.41) is 4.07. The lowest BCUT2D eigenvalue weighted by Crippen LogP contribution is -2.23. The standard InChI is InChI=1S/C18H24N2O3/c1-12-15(13(2)23-19-12)11-20-9-5-6-16(20)14-7-8-17(21-3)18(10-14)22-4/h7-8,10,16H,5-6,9,11H2,1-4H3. The molecule has 124 valence electrons. The topological polar surface area (TPSA) is 47.7 Å². The van der Waals surface area contributed by atoms with Gasteiger partial charge in [0.25, 0.3) is 0 Å². The highest BCUT2D eigenvalue weighted by molar-refractivity contribution is 5.44. The molecular formula is C18H24N2O3. The second-order valence-electron chi connectivity index (χ2n) is 6.05. The Labute approximate surface area is 137 Å². The van der Waals surface area contributed by atoms with E-state index in [2.05, 4.69) is 22.2 Å². The SMILES string of the molecule is COc1ccc(C2CCCN2Cc2c(C)noc2C)cc1OC. The minimum Gasteiger partial charge on any atom is -0.493 e. The summed E-state index contributed by atoms with van der Waals surface area (Å²) in [5.41, 5.74) is 3.46. The molecule has 0 aliphatic carbocycles. The van der Waals surface area contributed by atoms with Gasteiger partial charge in [0.05, 0.1) is 19.9 Å². The normalized spacial score (nSPS) is 18.3. The molecule has 1 aromatic heterocycles. The van der Waals surface area contributed by atoms with Crippen LogP contribution in [0.1, 0.15) is 41.5 Å². The summed E-state index contributed by atoms with van der Waals surface area (Å²) < 4.78 is 16.1. The molecule has 1 aliphatic heterocycles. The molecule has 1 aliphatic rings. The highest BCUT2D eigenvalue weighted by atomic mass is 16.5. The molecule has 5 heteroatoms. The monoisotopic (exact) mass is 316 g/mol. The predicted octanol–water partition coefficient (Wildman–Crippen LogP) is 3.65.